The van der Waals surface area contributed by atoms with Crippen LogP contribution in [0.3, 0.4) is 0 Å². The standard InChI is InChI=1S/C31H39N3O4S/c1-21(2)32-31(36)26(7)33(19-27-13-9-8-11-24(27)5)30(35)20-34(29-14-10-12-23(4)25(29)6)39(37,38)28-17-15-22(3)16-18-28/h8-18,21,26H,19-20H2,1-7H3,(H,32,36). The number of carbonyl (C=O) groups excluding carboxylic acids is 2. The second-order valence-electron chi connectivity index (χ2n) is 10.3. The molecule has 0 bridgehead atoms. The summed E-state index contributed by atoms with van der Waals surface area (Å²) in [5.41, 5.74) is 4.89. The summed E-state index contributed by atoms with van der Waals surface area (Å²) in [7, 11) is -4.10. The van der Waals surface area contributed by atoms with Gasteiger partial charge in [0.25, 0.3) is 10.0 Å². The predicted molar refractivity (Wildman–Crippen MR) is 156 cm³/mol. The second-order valence-corrected chi connectivity index (χ2v) is 12.2. The van der Waals surface area contributed by atoms with Gasteiger partial charge in [0.05, 0.1) is 10.6 Å². The van der Waals surface area contributed by atoms with Gasteiger partial charge in [0.15, 0.2) is 0 Å². The van der Waals surface area contributed by atoms with Gasteiger partial charge in [-0.15, -0.1) is 0 Å². The Morgan fingerprint density at radius 1 is 0.821 bits per heavy atom. The van der Waals surface area contributed by atoms with E-state index in [-0.39, 0.29) is 23.4 Å². The maximum atomic E-state index is 14.0. The van der Waals surface area contributed by atoms with Crippen molar-refractivity contribution >= 4 is 27.5 Å². The zero-order valence-electron chi connectivity index (χ0n) is 23.9. The number of hydrogen-bond acceptors (Lipinski definition) is 4. The fraction of sp³-hybridized carbons (Fsp3) is 0.355. The van der Waals surface area contributed by atoms with E-state index in [0.29, 0.717) is 5.69 Å². The van der Waals surface area contributed by atoms with Crippen molar-refractivity contribution in [2.24, 2.45) is 0 Å². The molecule has 0 heterocycles. The quantitative estimate of drug-likeness (QED) is 0.383. The minimum absolute atomic E-state index is 0.0952. The summed E-state index contributed by atoms with van der Waals surface area (Å²) in [6.45, 7) is 12.7. The van der Waals surface area contributed by atoms with Crippen molar-refractivity contribution in [2.45, 2.75) is 72.0 Å². The van der Waals surface area contributed by atoms with E-state index in [2.05, 4.69) is 5.32 Å². The lowest BCUT2D eigenvalue weighted by Gasteiger charge is -2.33. The van der Waals surface area contributed by atoms with Gasteiger partial charge in [0.1, 0.15) is 12.6 Å². The lowest BCUT2D eigenvalue weighted by Crippen LogP contribution is -2.52. The largest absolute Gasteiger partial charge is 0.352 e. The number of benzene rings is 3. The normalized spacial score (nSPS) is 12.2. The van der Waals surface area contributed by atoms with Gasteiger partial charge in [-0.1, -0.05) is 54.1 Å². The van der Waals surface area contributed by atoms with E-state index in [1.807, 2.05) is 71.9 Å². The molecule has 0 aromatic heterocycles. The summed E-state index contributed by atoms with van der Waals surface area (Å²) in [4.78, 5) is 28.6. The molecule has 0 aliphatic carbocycles. The number of nitrogens with one attached hydrogen (secondary N) is 1. The molecule has 1 atom stereocenters. The van der Waals surface area contributed by atoms with E-state index in [1.165, 1.54) is 9.21 Å². The van der Waals surface area contributed by atoms with Crippen molar-refractivity contribution in [3.63, 3.8) is 0 Å². The van der Waals surface area contributed by atoms with Gasteiger partial charge < -0.3 is 10.2 Å². The summed E-state index contributed by atoms with van der Waals surface area (Å²) < 4.78 is 29.2. The SMILES string of the molecule is Cc1ccc(S(=O)(=O)N(CC(=O)N(Cc2ccccc2C)C(C)C(=O)NC(C)C)c2cccc(C)c2C)cc1. The van der Waals surface area contributed by atoms with Gasteiger partial charge in [-0.3, -0.25) is 13.9 Å². The highest BCUT2D eigenvalue weighted by molar-refractivity contribution is 7.92. The Labute approximate surface area is 232 Å². The number of anilines is 1. The molecule has 2 amide bonds. The molecular formula is C31H39N3O4S. The van der Waals surface area contributed by atoms with Crippen molar-refractivity contribution in [3.05, 3.63) is 94.5 Å². The van der Waals surface area contributed by atoms with Crippen LogP contribution in [0.15, 0.2) is 71.6 Å². The van der Waals surface area contributed by atoms with Crippen LogP contribution in [-0.4, -0.2) is 43.8 Å². The Kier molecular flexibility index (Phi) is 9.56. The van der Waals surface area contributed by atoms with Crippen molar-refractivity contribution in [1.29, 1.82) is 0 Å². The topological polar surface area (TPSA) is 86.8 Å². The highest BCUT2D eigenvalue weighted by Crippen LogP contribution is 2.29. The Morgan fingerprint density at radius 3 is 2.05 bits per heavy atom. The van der Waals surface area contributed by atoms with Crippen LogP contribution in [0.4, 0.5) is 5.69 Å². The zero-order chi connectivity index (χ0) is 28.9. The monoisotopic (exact) mass is 549 g/mol. The van der Waals surface area contributed by atoms with Crippen LogP contribution >= 0.6 is 0 Å². The molecule has 0 spiro atoms. The maximum absolute atomic E-state index is 14.0. The first-order chi connectivity index (χ1) is 18.3. The van der Waals surface area contributed by atoms with E-state index in [0.717, 1.165) is 27.8 Å². The summed E-state index contributed by atoms with van der Waals surface area (Å²) in [5, 5.41) is 2.88. The molecule has 0 aliphatic rings. The highest BCUT2D eigenvalue weighted by atomic mass is 32.2. The van der Waals surface area contributed by atoms with E-state index in [1.54, 1.807) is 43.3 Å². The van der Waals surface area contributed by atoms with Crippen LogP contribution in [0.25, 0.3) is 0 Å². The van der Waals surface area contributed by atoms with Gasteiger partial charge in [0, 0.05) is 12.6 Å². The Bertz CT molecular complexity index is 1430. The molecule has 0 aliphatic heterocycles. The second kappa shape index (κ2) is 12.5. The number of hydrogen-bond donors (Lipinski definition) is 1. The van der Waals surface area contributed by atoms with Crippen molar-refractivity contribution < 1.29 is 18.0 Å². The van der Waals surface area contributed by atoms with Crippen LogP contribution in [0.5, 0.6) is 0 Å². The molecule has 3 aromatic carbocycles. The third-order valence-corrected chi connectivity index (χ3v) is 8.71. The summed E-state index contributed by atoms with van der Waals surface area (Å²) >= 11 is 0. The summed E-state index contributed by atoms with van der Waals surface area (Å²) in [6, 6.07) is 18.7. The van der Waals surface area contributed by atoms with E-state index in [9.17, 15) is 18.0 Å². The first kappa shape index (κ1) is 29.9. The molecule has 0 radical (unpaired) electrons. The number of rotatable bonds is 10. The van der Waals surface area contributed by atoms with Gasteiger partial charge in [-0.2, -0.15) is 0 Å². The lowest BCUT2D eigenvalue weighted by molar-refractivity contribution is -0.139. The number of sulfonamides is 1. The third kappa shape index (κ3) is 7.06. The molecule has 0 saturated heterocycles. The molecule has 3 rings (SSSR count). The van der Waals surface area contributed by atoms with Gasteiger partial charge in [-0.25, -0.2) is 8.42 Å². The van der Waals surface area contributed by atoms with Crippen LogP contribution in [0.2, 0.25) is 0 Å². The van der Waals surface area contributed by atoms with Crippen LogP contribution in [0, 0.1) is 27.7 Å². The highest BCUT2D eigenvalue weighted by Gasteiger charge is 2.33. The fourth-order valence-electron chi connectivity index (χ4n) is 4.32. The Morgan fingerprint density at radius 2 is 1.44 bits per heavy atom. The van der Waals surface area contributed by atoms with Crippen LogP contribution < -0.4 is 9.62 Å². The number of carbonyl (C=O) groups is 2. The van der Waals surface area contributed by atoms with Crippen molar-refractivity contribution in [1.82, 2.24) is 10.2 Å². The first-order valence-electron chi connectivity index (χ1n) is 13.1. The molecule has 208 valence electrons. The minimum atomic E-state index is -4.10. The predicted octanol–water partition coefficient (Wildman–Crippen LogP) is 5.06. The Hall–Kier alpha value is -3.65. The number of amides is 2. The molecule has 1 N–H and O–H groups in total. The van der Waals surface area contributed by atoms with E-state index >= 15 is 0 Å². The maximum Gasteiger partial charge on any atom is 0.264 e. The first-order valence-corrected chi connectivity index (χ1v) is 14.6. The fourth-order valence-corrected chi connectivity index (χ4v) is 5.79. The zero-order valence-corrected chi connectivity index (χ0v) is 24.7. The molecule has 0 saturated carbocycles. The third-order valence-electron chi connectivity index (χ3n) is 6.93. The van der Waals surface area contributed by atoms with Crippen LogP contribution in [0.1, 0.15) is 48.6 Å². The molecular weight excluding hydrogens is 510 g/mol. The summed E-state index contributed by atoms with van der Waals surface area (Å²) in [5.74, 6) is -0.770. The molecule has 39 heavy (non-hydrogen) atoms. The van der Waals surface area contributed by atoms with E-state index < -0.39 is 28.5 Å². The average Bonchev–Trinajstić information content (AvgIpc) is 2.88. The van der Waals surface area contributed by atoms with Gasteiger partial charge in [-0.05, 0) is 88.9 Å². The smallest absolute Gasteiger partial charge is 0.264 e. The van der Waals surface area contributed by atoms with E-state index in [4.69, 9.17) is 0 Å². The van der Waals surface area contributed by atoms with Crippen molar-refractivity contribution in [2.75, 3.05) is 10.8 Å². The summed E-state index contributed by atoms with van der Waals surface area (Å²) in [6.07, 6.45) is 0. The number of aryl methyl sites for hydroxylation is 3. The van der Waals surface area contributed by atoms with Crippen molar-refractivity contribution in [3.8, 4) is 0 Å². The minimum Gasteiger partial charge on any atom is -0.352 e. The van der Waals surface area contributed by atoms with Crippen LogP contribution in [-0.2, 0) is 26.2 Å². The molecule has 0 fully saturated rings. The molecule has 1 unspecified atom stereocenters. The van der Waals surface area contributed by atoms with Gasteiger partial charge >= 0.3 is 0 Å². The lowest BCUT2D eigenvalue weighted by atomic mass is 10.1. The molecule has 8 heteroatoms. The Balaban J connectivity index is 2.09. The van der Waals surface area contributed by atoms with Gasteiger partial charge in [0.2, 0.25) is 11.8 Å². The molecule has 7 nitrogen and oxygen atoms in total. The average molecular weight is 550 g/mol. The number of nitrogens with zero attached hydrogens (tertiary/aromatic N) is 2. The molecule has 3 aromatic rings.